The highest BCUT2D eigenvalue weighted by atomic mass is 19.3. The maximum Gasteiger partial charge on any atom is 0.286 e. The molecular weight excluding hydrogens is 414 g/mol. The molecular formula is C23H24F2N6O. The van der Waals surface area contributed by atoms with Gasteiger partial charge in [0.05, 0.1) is 16.6 Å². The zero-order valence-electron chi connectivity index (χ0n) is 18.2. The van der Waals surface area contributed by atoms with Gasteiger partial charge in [0.25, 0.3) is 11.5 Å². The van der Waals surface area contributed by atoms with Crippen molar-refractivity contribution in [1.29, 1.82) is 0 Å². The van der Waals surface area contributed by atoms with Crippen molar-refractivity contribution in [3.05, 3.63) is 58.6 Å². The van der Waals surface area contributed by atoms with E-state index in [4.69, 9.17) is 5.10 Å². The molecule has 5 rings (SSSR count). The fourth-order valence-electron chi connectivity index (χ4n) is 4.18. The third-order valence-electron chi connectivity index (χ3n) is 6.15. The van der Waals surface area contributed by atoms with E-state index in [0.717, 1.165) is 38.8 Å². The maximum absolute atomic E-state index is 13.8. The molecule has 1 aromatic carbocycles. The van der Waals surface area contributed by atoms with Crippen LogP contribution >= 0.6 is 0 Å². The first-order valence-corrected chi connectivity index (χ1v) is 10.5. The number of piperazine rings is 1. The van der Waals surface area contributed by atoms with Gasteiger partial charge < -0.3 is 9.80 Å². The van der Waals surface area contributed by atoms with E-state index in [0.29, 0.717) is 27.8 Å². The van der Waals surface area contributed by atoms with Crippen molar-refractivity contribution in [1.82, 2.24) is 24.1 Å². The molecule has 0 saturated carbocycles. The van der Waals surface area contributed by atoms with Crippen molar-refractivity contribution in [3.63, 3.8) is 0 Å². The van der Waals surface area contributed by atoms with Gasteiger partial charge in [0, 0.05) is 63.7 Å². The number of aryl methyl sites for hydroxylation is 1. The van der Waals surface area contributed by atoms with Crippen LogP contribution in [-0.2, 0) is 13.0 Å². The van der Waals surface area contributed by atoms with Gasteiger partial charge in [-0.15, -0.1) is 0 Å². The molecule has 0 aliphatic carbocycles. The Labute approximate surface area is 183 Å². The van der Waals surface area contributed by atoms with Gasteiger partial charge in [0.15, 0.2) is 0 Å². The van der Waals surface area contributed by atoms with Gasteiger partial charge >= 0.3 is 0 Å². The molecule has 1 aliphatic rings. The van der Waals surface area contributed by atoms with Crippen LogP contribution in [0.1, 0.15) is 12.6 Å². The number of fused-ring (bicyclic) bond motifs is 3. The first-order valence-electron chi connectivity index (χ1n) is 10.5. The number of anilines is 1. The van der Waals surface area contributed by atoms with Gasteiger partial charge in [-0.1, -0.05) is 0 Å². The SMILES string of the molecule is CN1CCN(c2ccc3c(=O)n(C)c4cc(-c5ccnc(C(C)(F)F)c5)nn4c3c2)CC1. The van der Waals surface area contributed by atoms with E-state index in [1.165, 1.54) is 16.8 Å². The number of hydrogen-bond acceptors (Lipinski definition) is 5. The Morgan fingerprint density at radius 1 is 1.00 bits per heavy atom. The van der Waals surface area contributed by atoms with Gasteiger partial charge in [-0.25, -0.2) is 4.52 Å². The lowest BCUT2D eigenvalue weighted by atomic mass is 10.1. The van der Waals surface area contributed by atoms with E-state index in [9.17, 15) is 13.6 Å². The molecule has 1 saturated heterocycles. The van der Waals surface area contributed by atoms with E-state index in [1.54, 1.807) is 23.7 Å². The molecule has 0 unspecified atom stereocenters. The second-order valence-electron chi connectivity index (χ2n) is 8.47. The van der Waals surface area contributed by atoms with E-state index < -0.39 is 5.92 Å². The van der Waals surface area contributed by atoms with Gasteiger partial charge in [-0.2, -0.15) is 13.9 Å². The summed E-state index contributed by atoms with van der Waals surface area (Å²) in [7, 11) is 3.80. The quantitative estimate of drug-likeness (QED) is 0.492. The predicted molar refractivity (Wildman–Crippen MR) is 120 cm³/mol. The number of nitrogens with zero attached hydrogens (tertiary/aromatic N) is 6. The van der Waals surface area contributed by atoms with E-state index in [1.807, 2.05) is 18.2 Å². The number of rotatable bonds is 3. The monoisotopic (exact) mass is 438 g/mol. The highest BCUT2D eigenvalue weighted by molar-refractivity contribution is 5.85. The first kappa shape index (κ1) is 20.6. The second-order valence-corrected chi connectivity index (χ2v) is 8.47. The number of benzene rings is 1. The summed E-state index contributed by atoms with van der Waals surface area (Å²) in [6.07, 6.45) is 1.36. The lowest BCUT2D eigenvalue weighted by Gasteiger charge is -2.34. The van der Waals surface area contributed by atoms with Crippen LogP contribution in [0, 0.1) is 0 Å². The van der Waals surface area contributed by atoms with Crippen molar-refractivity contribution in [3.8, 4) is 11.3 Å². The number of aromatic nitrogens is 4. The molecule has 1 aliphatic heterocycles. The molecule has 9 heteroatoms. The Hall–Kier alpha value is -3.33. The smallest absolute Gasteiger partial charge is 0.286 e. The molecule has 4 aromatic rings. The Bertz CT molecular complexity index is 1380. The molecule has 0 atom stereocenters. The zero-order chi connectivity index (χ0) is 22.6. The maximum atomic E-state index is 13.8. The van der Waals surface area contributed by atoms with Crippen molar-refractivity contribution in [2.24, 2.45) is 7.05 Å². The fourth-order valence-corrected chi connectivity index (χ4v) is 4.18. The summed E-state index contributed by atoms with van der Waals surface area (Å²) < 4.78 is 30.8. The van der Waals surface area contributed by atoms with Crippen molar-refractivity contribution >= 4 is 22.2 Å². The normalized spacial score (nSPS) is 15.7. The van der Waals surface area contributed by atoms with Gasteiger partial charge in [0.2, 0.25) is 0 Å². The molecule has 7 nitrogen and oxygen atoms in total. The molecule has 0 radical (unpaired) electrons. The molecule has 0 spiro atoms. The van der Waals surface area contributed by atoms with Gasteiger partial charge in [0.1, 0.15) is 11.3 Å². The average molecular weight is 438 g/mol. The standard InChI is InChI=1S/C23H24F2N6O/c1-23(24,25)20-12-15(6-7-26-20)18-14-21-29(3)22(32)17-5-4-16(13-19(17)31(21)27-18)30-10-8-28(2)9-11-30/h4-7,12-14H,8-11H2,1-3H3. The fraction of sp³-hybridized carbons (Fsp3) is 0.348. The molecule has 4 heterocycles. The molecule has 0 N–H and O–H groups in total. The predicted octanol–water partition coefficient (Wildman–Crippen LogP) is 3.11. The zero-order valence-corrected chi connectivity index (χ0v) is 18.2. The van der Waals surface area contributed by atoms with E-state index >= 15 is 0 Å². The number of alkyl halides is 2. The summed E-state index contributed by atoms with van der Waals surface area (Å²) in [5, 5.41) is 5.25. The molecule has 0 bridgehead atoms. The summed E-state index contributed by atoms with van der Waals surface area (Å²) in [6, 6.07) is 10.5. The summed E-state index contributed by atoms with van der Waals surface area (Å²) in [5.41, 5.74) is 2.91. The number of pyridine rings is 1. The van der Waals surface area contributed by atoms with Crippen LogP contribution in [0.2, 0.25) is 0 Å². The van der Waals surface area contributed by atoms with Crippen LogP contribution in [0.4, 0.5) is 14.5 Å². The van der Waals surface area contributed by atoms with Crippen molar-refractivity contribution < 1.29 is 8.78 Å². The minimum absolute atomic E-state index is 0.126. The molecule has 166 valence electrons. The summed E-state index contributed by atoms with van der Waals surface area (Å²) >= 11 is 0. The highest BCUT2D eigenvalue weighted by Gasteiger charge is 2.26. The molecule has 1 fully saturated rings. The summed E-state index contributed by atoms with van der Waals surface area (Å²) in [6.45, 7) is 4.58. The largest absolute Gasteiger partial charge is 0.369 e. The van der Waals surface area contributed by atoms with Crippen LogP contribution in [0.15, 0.2) is 47.4 Å². The van der Waals surface area contributed by atoms with Crippen LogP contribution < -0.4 is 10.5 Å². The molecule has 3 aromatic heterocycles. The van der Waals surface area contributed by atoms with Crippen LogP contribution in [0.25, 0.3) is 27.8 Å². The third-order valence-corrected chi connectivity index (χ3v) is 6.15. The molecule has 0 amide bonds. The summed E-state index contributed by atoms with van der Waals surface area (Å²) in [5.74, 6) is -3.05. The third kappa shape index (κ3) is 3.42. The second kappa shape index (κ2) is 7.37. The van der Waals surface area contributed by atoms with E-state index in [2.05, 4.69) is 21.8 Å². The minimum Gasteiger partial charge on any atom is -0.369 e. The van der Waals surface area contributed by atoms with Crippen molar-refractivity contribution in [2.75, 3.05) is 38.1 Å². The topological polar surface area (TPSA) is 58.7 Å². The average Bonchev–Trinajstić information content (AvgIpc) is 3.23. The van der Waals surface area contributed by atoms with Crippen LogP contribution in [0.5, 0.6) is 0 Å². The van der Waals surface area contributed by atoms with Crippen LogP contribution in [-0.4, -0.2) is 57.3 Å². The Morgan fingerprint density at radius 3 is 2.47 bits per heavy atom. The lowest BCUT2D eigenvalue weighted by molar-refractivity contribution is 0.0128. The van der Waals surface area contributed by atoms with Crippen LogP contribution in [0.3, 0.4) is 0 Å². The van der Waals surface area contributed by atoms with Gasteiger partial charge in [-0.05, 0) is 37.4 Å². The summed E-state index contributed by atoms with van der Waals surface area (Å²) in [4.78, 5) is 21.4. The Morgan fingerprint density at radius 2 is 1.75 bits per heavy atom. The highest BCUT2D eigenvalue weighted by Crippen LogP contribution is 2.29. The number of likely N-dealkylation sites (N-methyl/N-ethyl adjacent to an activating group) is 1. The number of halogens is 2. The van der Waals surface area contributed by atoms with E-state index in [-0.39, 0.29) is 11.3 Å². The minimum atomic E-state index is -3.05. The molecule has 32 heavy (non-hydrogen) atoms. The Kier molecular flexibility index (Phi) is 4.74. The lowest BCUT2D eigenvalue weighted by Crippen LogP contribution is -2.44. The number of hydrogen-bond donors (Lipinski definition) is 0. The van der Waals surface area contributed by atoms with Gasteiger partial charge in [-0.3, -0.25) is 14.3 Å². The Balaban J connectivity index is 1.68. The van der Waals surface area contributed by atoms with Crippen molar-refractivity contribution in [2.45, 2.75) is 12.8 Å². The first-order chi connectivity index (χ1) is 15.2.